The molecule has 0 fully saturated rings. The molecule has 4 heteroatoms. The van der Waals surface area contributed by atoms with Gasteiger partial charge < -0.3 is 14.4 Å². The standard InChI is InChI=1S/C15H17NO3/c1-11(14(17)12-7-4-3-5-8-12)16(2)15(18)13-9-6-10-19-13/h3-11,14,17H,1-2H3. The van der Waals surface area contributed by atoms with Crippen LogP contribution in [0.25, 0.3) is 0 Å². The largest absolute Gasteiger partial charge is 0.459 e. The lowest BCUT2D eigenvalue weighted by Gasteiger charge is -2.28. The topological polar surface area (TPSA) is 53.7 Å². The molecule has 4 nitrogen and oxygen atoms in total. The highest BCUT2D eigenvalue weighted by atomic mass is 16.3. The summed E-state index contributed by atoms with van der Waals surface area (Å²) in [4.78, 5) is 13.6. The van der Waals surface area contributed by atoms with Crippen LogP contribution in [-0.2, 0) is 0 Å². The molecule has 19 heavy (non-hydrogen) atoms. The van der Waals surface area contributed by atoms with E-state index in [4.69, 9.17) is 4.42 Å². The normalized spacial score (nSPS) is 13.8. The van der Waals surface area contributed by atoms with Gasteiger partial charge in [0.2, 0.25) is 0 Å². The molecular weight excluding hydrogens is 242 g/mol. The number of carbonyl (C=O) groups is 1. The SMILES string of the molecule is CC(C(O)c1ccccc1)N(C)C(=O)c1ccco1. The first-order valence-electron chi connectivity index (χ1n) is 6.15. The number of aliphatic hydroxyl groups excluding tert-OH is 1. The summed E-state index contributed by atoms with van der Waals surface area (Å²) in [5.41, 5.74) is 0.786. The number of hydrogen-bond donors (Lipinski definition) is 1. The van der Waals surface area contributed by atoms with Gasteiger partial charge in [-0.25, -0.2) is 0 Å². The van der Waals surface area contributed by atoms with E-state index in [1.165, 1.54) is 11.2 Å². The number of carbonyl (C=O) groups excluding carboxylic acids is 1. The van der Waals surface area contributed by atoms with Crippen molar-refractivity contribution in [3.8, 4) is 0 Å². The van der Waals surface area contributed by atoms with E-state index in [0.717, 1.165) is 5.56 Å². The average molecular weight is 259 g/mol. The fourth-order valence-electron chi connectivity index (χ4n) is 1.90. The van der Waals surface area contributed by atoms with E-state index in [1.807, 2.05) is 30.3 Å². The third-order valence-electron chi connectivity index (χ3n) is 3.26. The Morgan fingerprint density at radius 3 is 2.47 bits per heavy atom. The van der Waals surface area contributed by atoms with Crippen molar-refractivity contribution in [1.82, 2.24) is 4.90 Å². The molecule has 0 saturated carbocycles. The van der Waals surface area contributed by atoms with Crippen molar-refractivity contribution >= 4 is 5.91 Å². The number of amides is 1. The van der Waals surface area contributed by atoms with Crippen LogP contribution in [-0.4, -0.2) is 29.0 Å². The maximum Gasteiger partial charge on any atom is 0.289 e. The molecule has 0 bridgehead atoms. The maximum atomic E-state index is 12.1. The van der Waals surface area contributed by atoms with Crippen molar-refractivity contribution in [2.24, 2.45) is 0 Å². The lowest BCUT2D eigenvalue weighted by Crippen LogP contribution is -2.38. The predicted molar refractivity (Wildman–Crippen MR) is 71.7 cm³/mol. The molecule has 0 spiro atoms. The number of nitrogens with zero attached hydrogens (tertiary/aromatic N) is 1. The van der Waals surface area contributed by atoms with E-state index in [1.54, 1.807) is 26.1 Å². The van der Waals surface area contributed by atoms with Gasteiger partial charge in [-0.1, -0.05) is 30.3 Å². The Kier molecular flexibility index (Phi) is 4.02. The monoisotopic (exact) mass is 259 g/mol. The molecule has 100 valence electrons. The summed E-state index contributed by atoms with van der Waals surface area (Å²) in [7, 11) is 1.65. The molecule has 0 aliphatic rings. The third-order valence-corrected chi connectivity index (χ3v) is 3.26. The van der Waals surface area contributed by atoms with Gasteiger partial charge in [0.25, 0.3) is 5.91 Å². The molecule has 0 aliphatic carbocycles. The molecule has 1 amide bonds. The van der Waals surface area contributed by atoms with Crippen molar-refractivity contribution in [2.45, 2.75) is 19.1 Å². The Labute approximate surface area is 112 Å². The van der Waals surface area contributed by atoms with Crippen molar-refractivity contribution in [2.75, 3.05) is 7.05 Å². The van der Waals surface area contributed by atoms with Gasteiger partial charge in [0.05, 0.1) is 18.4 Å². The molecule has 1 aromatic carbocycles. The third kappa shape index (κ3) is 2.85. The summed E-state index contributed by atoms with van der Waals surface area (Å²) in [6.45, 7) is 1.80. The summed E-state index contributed by atoms with van der Waals surface area (Å²) in [5, 5.41) is 10.3. The molecule has 0 radical (unpaired) electrons. The van der Waals surface area contributed by atoms with Crippen molar-refractivity contribution in [3.05, 3.63) is 60.1 Å². The van der Waals surface area contributed by atoms with Gasteiger partial charge in [-0.15, -0.1) is 0 Å². The van der Waals surface area contributed by atoms with Gasteiger partial charge >= 0.3 is 0 Å². The highest BCUT2D eigenvalue weighted by Gasteiger charge is 2.25. The van der Waals surface area contributed by atoms with Gasteiger partial charge in [-0.2, -0.15) is 0 Å². The zero-order valence-electron chi connectivity index (χ0n) is 11.0. The smallest absolute Gasteiger partial charge is 0.289 e. The van der Waals surface area contributed by atoms with E-state index in [2.05, 4.69) is 0 Å². The second-order valence-corrected chi connectivity index (χ2v) is 4.49. The second-order valence-electron chi connectivity index (χ2n) is 4.49. The summed E-state index contributed by atoms with van der Waals surface area (Å²) in [5.74, 6) is 0.0297. The van der Waals surface area contributed by atoms with E-state index in [0.29, 0.717) is 0 Å². The molecule has 1 aromatic heterocycles. The fraction of sp³-hybridized carbons (Fsp3) is 0.267. The minimum atomic E-state index is -0.731. The zero-order chi connectivity index (χ0) is 13.8. The molecule has 1 N–H and O–H groups in total. The molecule has 2 atom stereocenters. The van der Waals surface area contributed by atoms with Crippen molar-refractivity contribution < 1.29 is 14.3 Å². The lowest BCUT2D eigenvalue weighted by atomic mass is 10.0. The van der Waals surface area contributed by atoms with Crippen LogP contribution in [0.15, 0.2) is 53.1 Å². The molecule has 2 rings (SSSR count). The van der Waals surface area contributed by atoms with Crippen LogP contribution in [0, 0.1) is 0 Å². The summed E-state index contributed by atoms with van der Waals surface area (Å²) in [6, 6.07) is 12.2. The van der Waals surface area contributed by atoms with Gasteiger partial charge in [-0.05, 0) is 24.6 Å². The van der Waals surface area contributed by atoms with Crippen molar-refractivity contribution in [3.63, 3.8) is 0 Å². The number of furan rings is 1. The Hall–Kier alpha value is -2.07. The van der Waals surface area contributed by atoms with Crippen LogP contribution in [0.2, 0.25) is 0 Å². The van der Waals surface area contributed by atoms with E-state index >= 15 is 0 Å². The van der Waals surface area contributed by atoms with Gasteiger partial charge in [0, 0.05) is 7.05 Å². The molecule has 0 aliphatic heterocycles. The van der Waals surface area contributed by atoms with Crippen molar-refractivity contribution in [1.29, 1.82) is 0 Å². The van der Waals surface area contributed by atoms with Gasteiger partial charge in [0.15, 0.2) is 5.76 Å². The number of rotatable bonds is 4. The number of benzene rings is 1. The van der Waals surface area contributed by atoms with Crippen LogP contribution >= 0.6 is 0 Å². The molecule has 0 saturated heterocycles. The van der Waals surface area contributed by atoms with E-state index in [9.17, 15) is 9.90 Å². The first kappa shape index (κ1) is 13.4. The van der Waals surface area contributed by atoms with Crippen LogP contribution in [0.1, 0.15) is 29.1 Å². The highest BCUT2D eigenvalue weighted by Crippen LogP contribution is 2.21. The minimum absolute atomic E-state index is 0.243. The molecule has 1 heterocycles. The predicted octanol–water partition coefficient (Wildman–Crippen LogP) is 2.47. The Balaban J connectivity index is 2.11. The zero-order valence-corrected chi connectivity index (χ0v) is 11.0. The number of likely N-dealkylation sites (N-methyl/N-ethyl adjacent to an activating group) is 1. The lowest BCUT2D eigenvalue weighted by molar-refractivity contribution is 0.0461. The van der Waals surface area contributed by atoms with E-state index < -0.39 is 6.10 Å². The minimum Gasteiger partial charge on any atom is -0.459 e. The van der Waals surface area contributed by atoms with Crippen LogP contribution in [0.5, 0.6) is 0 Å². The highest BCUT2D eigenvalue weighted by molar-refractivity contribution is 5.91. The summed E-state index contributed by atoms with van der Waals surface area (Å²) < 4.78 is 5.08. The summed E-state index contributed by atoms with van der Waals surface area (Å²) in [6.07, 6.45) is 0.726. The van der Waals surface area contributed by atoms with Crippen LogP contribution < -0.4 is 0 Å². The van der Waals surface area contributed by atoms with Gasteiger partial charge in [-0.3, -0.25) is 4.79 Å². The molecule has 2 aromatic rings. The summed E-state index contributed by atoms with van der Waals surface area (Å²) >= 11 is 0. The quantitative estimate of drug-likeness (QED) is 0.917. The number of aliphatic hydroxyl groups is 1. The average Bonchev–Trinajstić information content (AvgIpc) is 2.99. The van der Waals surface area contributed by atoms with Gasteiger partial charge in [0.1, 0.15) is 0 Å². The Bertz CT molecular complexity index is 522. The Morgan fingerprint density at radius 2 is 1.89 bits per heavy atom. The maximum absolute atomic E-state index is 12.1. The van der Waals surface area contributed by atoms with E-state index in [-0.39, 0.29) is 17.7 Å². The second kappa shape index (κ2) is 5.71. The Morgan fingerprint density at radius 1 is 1.21 bits per heavy atom. The first-order chi connectivity index (χ1) is 9.11. The first-order valence-corrected chi connectivity index (χ1v) is 6.15. The molecule has 2 unspecified atom stereocenters. The van der Waals surface area contributed by atoms with Crippen LogP contribution in [0.4, 0.5) is 0 Å². The fourth-order valence-corrected chi connectivity index (χ4v) is 1.90. The van der Waals surface area contributed by atoms with Crippen LogP contribution in [0.3, 0.4) is 0 Å². The number of hydrogen-bond acceptors (Lipinski definition) is 3. The molecular formula is C15H17NO3.